The summed E-state index contributed by atoms with van der Waals surface area (Å²) in [6.45, 7) is 5.32. The number of quaternary nitrogens is 1. The molecule has 1 aliphatic heterocycles. The van der Waals surface area contributed by atoms with Crippen LogP contribution in [0.25, 0.3) is 10.2 Å². The second kappa shape index (κ2) is 6.98. The van der Waals surface area contributed by atoms with Gasteiger partial charge in [-0.1, -0.05) is 0 Å². The van der Waals surface area contributed by atoms with E-state index in [-0.39, 0.29) is 18.1 Å². The number of rotatable bonds is 5. The molecule has 0 radical (unpaired) electrons. The van der Waals surface area contributed by atoms with E-state index >= 15 is 0 Å². The van der Waals surface area contributed by atoms with Crippen LogP contribution in [0.1, 0.15) is 30.7 Å². The summed E-state index contributed by atoms with van der Waals surface area (Å²) in [5.41, 5.74) is 3.42. The van der Waals surface area contributed by atoms with Gasteiger partial charge in [-0.05, 0) is 19.4 Å². The fourth-order valence-corrected chi connectivity index (χ4v) is 4.35. The van der Waals surface area contributed by atoms with E-state index in [0.717, 1.165) is 21.4 Å². The highest BCUT2D eigenvalue weighted by atomic mass is 32.1. The maximum absolute atomic E-state index is 13.0. The number of aryl methyl sites for hydroxylation is 1. The summed E-state index contributed by atoms with van der Waals surface area (Å²) in [5.74, 6) is -0.343. The molecule has 26 heavy (non-hydrogen) atoms. The number of aromatic nitrogens is 2. The molecular formula is C17H25N4O4S+. The normalized spacial score (nSPS) is 15.8. The van der Waals surface area contributed by atoms with Crippen molar-refractivity contribution in [1.29, 1.82) is 0 Å². The topological polar surface area (TPSA) is 110 Å². The SMILES string of the molecule is Cn1c(=O)n(CC(=O)NCCC[NH3+])c(=O)c2c3c(sc21)COC(C)(C)C3. The summed E-state index contributed by atoms with van der Waals surface area (Å²) in [6, 6.07) is 0. The van der Waals surface area contributed by atoms with Gasteiger partial charge < -0.3 is 15.8 Å². The van der Waals surface area contributed by atoms with E-state index in [0.29, 0.717) is 36.3 Å². The maximum Gasteiger partial charge on any atom is 0.332 e. The predicted molar refractivity (Wildman–Crippen MR) is 99.3 cm³/mol. The van der Waals surface area contributed by atoms with Crippen molar-refractivity contribution in [2.75, 3.05) is 13.1 Å². The van der Waals surface area contributed by atoms with Crippen molar-refractivity contribution in [1.82, 2.24) is 14.5 Å². The van der Waals surface area contributed by atoms with Crippen LogP contribution in [0.3, 0.4) is 0 Å². The number of carbonyl (C=O) groups excluding carboxylic acids is 1. The molecule has 8 nitrogen and oxygen atoms in total. The van der Waals surface area contributed by atoms with Gasteiger partial charge in [0.2, 0.25) is 5.91 Å². The van der Waals surface area contributed by atoms with Gasteiger partial charge in [0.05, 0.1) is 24.1 Å². The third-order valence-electron chi connectivity index (χ3n) is 4.60. The highest BCUT2D eigenvalue weighted by Crippen LogP contribution is 2.36. The number of carbonyl (C=O) groups is 1. The van der Waals surface area contributed by atoms with Crippen LogP contribution < -0.4 is 22.3 Å². The Hall–Kier alpha value is -1.97. The number of thiophene rings is 1. The van der Waals surface area contributed by atoms with Crippen LogP contribution in [-0.2, 0) is 36.2 Å². The summed E-state index contributed by atoms with van der Waals surface area (Å²) in [5, 5.41) is 3.26. The Kier molecular flexibility index (Phi) is 5.05. The van der Waals surface area contributed by atoms with Crippen molar-refractivity contribution < 1.29 is 15.3 Å². The summed E-state index contributed by atoms with van der Waals surface area (Å²) in [7, 11) is 1.63. The van der Waals surface area contributed by atoms with E-state index in [1.807, 2.05) is 13.8 Å². The molecule has 0 aromatic carbocycles. The minimum Gasteiger partial charge on any atom is -0.370 e. The van der Waals surface area contributed by atoms with Crippen molar-refractivity contribution in [2.24, 2.45) is 7.05 Å². The molecule has 0 fully saturated rings. The highest BCUT2D eigenvalue weighted by Gasteiger charge is 2.31. The van der Waals surface area contributed by atoms with Gasteiger partial charge in [0.25, 0.3) is 5.56 Å². The zero-order chi connectivity index (χ0) is 19.1. The number of fused-ring (bicyclic) bond motifs is 3. The molecule has 3 heterocycles. The van der Waals surface area contributed by atoms with E-state index < -0.39 is 11.2 Å². The van der Waals surface area contributed by atoms with Crippen molar-refractivity contribution in [3.8, 4) is 0 Å². The van der Waals surface area contributed by atoms with Crippen LogP contribution in [0.5, 0.6) is 0 Å². The molecule has 142 valence electrons. The first-order valence-electron chi connectivity index (χ1n) is 8.69. The molecule has 1 amide bonds. The Morgan fingerprint density at radius 1 is 1.38 bits per heavy atom. The first-order valence-corrected chi connectivity index (χ1v) is 9.51. The lowest BCUT2D eigenvalue weighted by atomic mass is 9.94. The third kappa shape index (κ3) is 3.34. The number of hydrogen-bond acceptors (Lipinski definition) is 5. The van der Waals surface area contributed by atoms with E-state index in [1.165, 1.54) is 15.9 Å². The molecule has 9 heteroatoms. The smallest absolute Gasteiger partial charge is 0.332 e. The Bertz CT molecular complexity index is 970. The number of hydrogen-bond donors (Lipinski definition) is 2. The Labute approximate surface area is 154 Å². The third-order valence-corrected chi connectivity index (χ3v) is 5.88. The summed E-state index contributed by atoms with van der Waals surface area (Å²) >= 11 is 1.42. The fourth-order valence-electron chi connectivity index (χ4n) is 3.18. The zero-order valence-electron chi connectivity index (χ0n) is 15.4. The minimum absolute atomic E-state index is 0.275. The largest absolute Gasteiger partial charge is 0.370 e. The molecule has 0 spiro atoms. The second-order valence-corrected chi connectivity index (χ2v) is 8.28. The van der Waals surface area contributed by atoms with Crippen molar-refractivity contribution in [2.45, 2.75) is 45.4 Å². The van der Waals surface area contributed by atoms with Crippen molar-refractivity contribution in [3.05, 3.63) is 31.3 Å². The Balaban J connectivity index is 2.07. The van der Waals surface area contributed by atoms with Gasteiger partial charge in [-0.2, -0.15) is 0 Å². The Morgan fingerprint density at radius 2 is 2.12 bits per heavy atom. The molecule has 0 saturated carbocycles. The number of nitrogens with zero attached hydrogens (tertiary/aromatic N) is 2. The molecule has 0 unspecified atom stereocenters. The molecule has 0 atom stereocenters. The first kappa shape index (κ1) is 18.8. The molecule has 0 saturated heterocycles. The highest BCUT2D eigenvalue weighted by molar-refractivity contribution is 7.18. The molecule has 0 bridgehead atoms. The van der Waals surface area contributed by atoms with Gasteiger partial charge in [0.1, 0.15) is 11.4 Å². The van der Waals surface area contributed by atoms with E-state index in [9.17, 15) is 14.4 Å². The Morgan fingerprint density at radius 3 is 2.81 bits per heavy atom. The maximum atomic E-state index is 13.0. The monoisotopic (exact) mass is 381 g/mol. The van der Waals surface area contributed by atoms with Gasteiger partial charge in [-0.15, -0.1) is 11.3 Å². The van der Waals surface area contributed by atoms with E-state index in [4.69, 9.17) is 4.74 Å². The van der Waals surface area contributed by atoms with Crippen molar-refractivity contribution in [3.63, 3.8) is 0 Å². The van der Waals surface area contributed by atoms with Crippen LogP contribution in [0.4, 0.5) is 0 Å². The van der Waals surface area contributed by atoms with E-state index in [2.05, 4.69) is 11.1 Å². The van der Waals surface area contributed by atoms with Crippen molar-refractivity contribution >= 4 is 27.5 Å². The lowest BCUT2D eigenvalue weighted by Gasteiger charge is -2.29. The average Bonchev–Trinajstić information content (AvgIpc) is 2.94. The quantitative estimate of drug-likeness (QED) is 0.671. The van der Waals surface area contributed by atoms with Gasteiger partial charge in [-0.25, -0.2) is 4.79 Å². The van der Waals surface area contributed by atoms with Gasteiger partial charge in [0, 0.05) is 31.3 Å². The van der Waals surface area contributed by atoms with E-state index in [1.54, 1.807) is 7.05 Å². The summed E-state index contributed by atoms with van der Waals surface area (Å²) < 4.78 is 8.31. The summed E-state index contributed by atoms with van der Waals surface area (Å²) in [4.78, 5) is 39.4. The lowest BCUT2D eigenvalue weighted by molar-refractivity contribution is -0.367. The number of nitrogens with one attached hydrogen (secondary N) is 1. The van der Waals surface area contributed by atoms with Gasteiger partial charge in [0.15, 0.2) is 0 Å². The van der Waals surface area contributed by atoms with Crippen LogP contribution in [0.15, 0.2) is 9.59 Å². The molecule has 0 aliphatic carbocycles. The van der Waals surface area contributed by atoms with Gasteiger partial charge in [-0.3, -0.25) is 18.7 Å². The van der Waals surface area contributed by atoms with Crippen LogP contribution in [0.2, 0.25) is 0 Å². The number of ether oxygens (including phenoxy) is 1. The first-order chi connectivity index (χ1) is 12.2. The summed E-state index contributed by atoms with van der Waals surface area (Å²) in [6.07, 6.45) is 1.36. The number of amides is 1. The minimum atomic E-state index is -0.478. The molecule has 3 rings (SSSR count). The second-order valence-electron chi connectivity index (χ2n) is 7.20. The van der Waals surface area contributed by atoms with Crippen LogP contribution in [0, 0.1) is 0 Å². The predicted octanol–water partition coefficient (Wildman–Crippen LogP) is -0.639. The molecular weight excluding hydrogens is 356 g/mol. The molecule has 2 aromatic rings. The molecule has 1 aliphatic rings. The standard InChI is InChI=1S/C17H24N4O4S/c1-17(2)7-10-11(9-25-17)26-15-13(10)14(23)21(16(24)20(15)3)8-12(22)19-6-4-5-18/h4-9,18H2,1-3H3,(H,19,22)/p+1. The van der Waals surface area contributed by atoms with Gasteiger partial charge >= 0.3 is 5.69 Å². The molecule has 4 N–H and O–H groups in total. The fraction of sp³-hybridized carbons (Fsp3) is 0.588. The lowest BCUT2D eigenvalue weighted by Crippen LogP contribution is -2.51. The average molecular weight is 381 g/mol. The molecule has 2 aromatic heterocycles. The van der Waals surface area contributed by atoms with Crippen LogP contribution >= 0.6 is 11.3 Å². The zero-order valence-corrected chi connectivity index (χ0v) is 16.2. The van der Waals surface area contributed by atoms with Crippen LogP contribution in [-0.4, -0.2) is 33.7 Å².